The van der Waals surface area contributed by atoms with Gasteiger partial charge >= 0.3 is 0 Å². The van der Waals surface area contributed by atoms with E-state index in [0.717, 1.165) is 13.1 Å². The van der Waals surface area contributed by atoms with Gasteiger partial charge < -0.3 is 10.6 Å². The molecule has 2 N–H and O–H groups in total. The van der Waals surface area contributed by atoms with Crippen LogP contribution in [0, 0.1) is 0 Å². The Kier molecular flexibility index (Phi) is 11.0. The summed E-state index contributed by atoms with van der Waals surface area (Å²) in [4.78, 5) is 0. The Morgan fingerprint density at radius 2 is 0.947 bits per heavy atom. The van der Waals surface area contributed by atoms with Crippen molar-refractivity contribution in [2.75, 3.05) is 23.7 Å². The summed E-state index contributed by atoms with van der Waals surface area (Å²) in [5, 5.41) is 6.42. The third-order valence-electron chi connectivity index (χ3n) is 2.31. The number of para-hydroxylation sites is 2. The molecule has 2 aromatic rings. The third-order valence-corrected chi connectivity index (χ3v) is 2.31. The van der Waals surface area contributed by atoms with E-state index >= 15 is 0 Å². The van der Waals surface area contributed by atoms with Crippen LogP contribution in [0.15, 0.2) is 60.7 Å². The molecule has 0 heterocycles. The van der Waals surface area contributed by atoms with Gasteiger partial charge in [0.15, 0.2) is 0 Å². The van der Waals surface area contributed by atoms with Gasteiger partial charge in [0.05, 0.1) is 0 Å². The number of anilines is 2. The minimum Gasteiger partial charge on any atom is -0.385 e. The third kappa shape index (κ3) is 8.42. The monoisotopic (exact) mass is 348 g/mol. The summed E-state index contributed by atoms with van der Waals surface area (Å²) >= 11 is 0. The van der Waals surface area contributed by atoms with Crippen LogP contribution >= 0.6 is 0 Å². The summed E-state index contributed by atoms with van der Waals surface area (Å²) in [6.07, 6.45) is 0. The van der Waals surface area contributed by atoms with Crippen LogP contribution in [-0.2, 0) is 20.4 Å². The Balaban J connectivity index is 0.000000324. The summed E-state index contributed by atoms with van der Waals surface area (Å²) in [5.41, 5.74) is 2.39. The molecule has 0 bridgehead atoms. The van der Waals surface area contributed by atoms with Gasteiger partial charge in [-0.1, -0.05) is 36.4 Å². The molecule has 0 amide bonds. The molecule has 0 aliphatic rings. The molecule has 0 atom stereocenters. The maximum Gasteiger partial charge on any atom is 0.0340 e. The fraction of sp³-hybridized carbons (Fsp3) is 0.250. The van der Waals surface area contributed by atoms with Crippen LogP contribution in [0.5, 0.6) is 0 Å². The molecule has 0 radical (unpaired) electrons. The van der Waals surface area contributed by atoms with Crippen LogP contribution in [0.4, 0.5) is 11.4 Å². The van der Waals surface area contributed by atoms with Crippen LogP contribution in [0.1, 0.15) is 13.8 Å². The average molecular weight is 349 g/mol. The number of benzene rings is 2. The Bertz CT molecular complexity index is 362. The predicted octanol–water partition coefficient (Wildman–Crippen LogP) is 4.23. The van der Waals surface area contributed by atoms with Gasteiger partial charge in [-0.25, -0.2) is 0 Å². The first-order chi connectivity index (χ1) is 8.86. The van der Waals surface area contributed by atoms with Crippen molar-refractivity contribution in [3.63, 3.8) is 0 Å². The molecule has 0 saturated carbocycles. The van der Waals surface area contributed by atoms with Crippen molar-refractivity contribution in [2.24, 2.45) is 0 Å². The summed E-state index contributed by atoms with van der Waals surface area (Å²) in [7, 11) is 0. The molecule has 2 aromatic carbocycles. The molecule has 0 spiro atoms. The van der Waals surface area contributed by atoms with E-state index in [4.69, 9.17) is 0 Å². The van der Waals surface area contributed by atoms with E-state index in [0.29, 0.717) is 0 Å². The van der Waals surface area contributed by atoms with Gasteiger partial charge in [-0.3, -0.25) is 0 Å². The van der Waals surface area contributed by atoms with Gasteiger partial charge in [0.1, 0.15) is 0 Å². The molecule has 2 nitrogen and oxygen atoms in total. The van der Waals surface area contributed by atoms with Crippen LogP contribution in [-0.4, -0.2) is 13.1 Å². The van der Waals surface area contributed by atoms with Gasteiger partial charge in [-0.05, 0) is 38.1 Å². The Morgan fingerprint density at radius 1 is 0.632 bits per heavy atom. The largest absolute Gasteiger partial charge is 0.385 e. The van der Waals surface area contributed by atoms with E-state index < -0.39 is 0 Å². The Labute approximate surface area is 130 Å². The smallest absolute Gasteiger partial charge is 0.0340 e. The first-order valence-electron chi connectivity index (χ1n) is 6.44. The molecule has 106 valence electrons. The van der Waals surface area contributed by atoms with E-state index in [1.54, 1.807) is 0 Å². The first-order valence-corrected chi connectivity index (χ1v) is 6.44. The van der Waals surface area contributed by atoms with Gasteiger partial charge in [0.25, 0.3) is 0 Å². The van der Waals surface area contributed by atoms with Crippen molar-refractivity contribution in [1.29, 1.82) is 0 Å². The zero-order valence-corrected chi connectivity index (χ0v) is 13.1. The summed E-state index contributed by atoms with van der Waals surface area (Å²) in [6.45, 7) is 6.16. The van der Waals surface area contributed by atoms with Crippen LogP contribution < -0.4 is 10.6 Å². The van der Waals surface area contributed by atoms with Crippen molar-refractivity contribution < 1.29 is 20.4 Å². The van der Waals surface area contributed by atoms with E-state index in [2.05, 4.69) is 48.7 Å². The molecule has 0 fully saturated rings. The molecule has 0 aliphatic heterocycles. The second-order valence-corrected chi connectivity index (χ2v) is 3.79. The second kappa shape index (κ2) is 11.8. The minimum absolute atomic E-state index is 0. The average Bonchev–Trinajstić information content (AvgIpc) is 2.43. The van der Waals surface area contributed by atoms with Crippen molar-refractivity contribution in [3.8, 4) is 0 Å². The molecule has 0 saturated heterocycles. The maximum atomic E-state index is 3.21. The van der Waals surface area contributed by atoms with E-state index in [-0.39, 0.29) is 20.4 Å². The maximum absolute atomic E-state index is 3.21. The SMILES string of the molecule is CCNc1ccccc1.CCNc1ccccc1.[Pd]. The van der Waals surface area contributed by atoms with Gasteiger partial charge in [-0.2, -0.15) is 0 Å². The fourth-order valence-electron chi connectivity index (χ4n) is 1.52. The normalized spacial score (nSPS) is 8.53. The summed E-state index contributed by atoms with van der Waals surface area (Å²) in [5.74, 6) is 0. The van der Waals surface area contributed by atoms with Crippen LogP contribution in [0.25, 0.3) is 0 Å². The number of rotatable bonds is 4. The van der Waals surface area contributed by atoms with Crippen molar-refractivity contribution >= 4 is 11.4 Å². The zero-order chi connectivity index (χ0) is 13.1. The second-order valence-electron chi connectivity index (χ2n) is 3.79. The van der Waals surface area contributed by atoms with Gasteiger partial charge in [0.2, 0.25) is 0 Å². The standard InChI is InChI=1S/2C8H11N.Pd/c2*1-2-9-8-6-4-3-5-7-8;/h2*3-7,9H,2H2,1H3;. The van der Waals surface area contributed by atoms with Gasteiger partial charge in [-0.15, -0.1) is 0 Å². The predicted molar refractivity (Wildman–Crippen MR) is 81.2 cm³/mol. The summed E-state index contributed by atoms with van der Waals surface area (Å²) < 4.78 is 0. The number of nitrogens with one attached hydrogen (secondary N) is 2. The zero-order valence-electron chi connectivity index (χ0n) is 11.5. The van der Waals surface area contributed by atoms with Crippen molar-refractivity contribution in [1.82, 2.24) is 0 Å². The molecule has 0 aliphatic carbocycles. The van der Waals surface area contributed by atoms with Crippen molar-refractivity contribution in [2.45, 2.75) is 13.8 Å². The summed E-state index contributed by atoms with van der Waals surface area (Å²) in [6, 6.07) is 20.4. The quantitative estimate of drug-likeness (QED) is 0.808. The van der Waals surface area contributed by atoms with E-state index in [1.165, 1.54) is 11.4 Å². The Morgan fingerprint density at radius 3 is 1.21 bits per heavy atom. The number of hydrogen-bond donors (Lipinski definition) is 2. The van der Waals surface area contributed by atoms with Crippen LogP contribution in [0.3, 0.4) is 0 Å². The first kappa shape index (κ1) is 17.7. The van der Waals surface area contributed by atoms with E-state index in [9.17, 15) is 0 Å². The van der Waals surface area contributed by atoms with E-state index in [1.807, 2.05) is 36.4 Å². The fourth-order valence-corrected chi connectivity index (χ4v) is 1.52. The van der Waals surface area contributed by atoms with Crippen LogP contribution in [0.2, 0.25) is 0 Å². The van der Waals surface area contributed by atoms with Gasteiger partial charge in [0, 0.05) is 44.9 Å². The minimum atomic E-state index is 0. The molecule has 2 rings (SSSR count). The molecule has 19 heavy (non-hydrogen) atoms. The molecule has 3 heteroatoms. The molecular weight excluding hydrogens is 327 g/mol. The molecular formula is C16H22N2Pd. The number of hydrogen-bond acceptors (Lipinski definition) is 2. The molecule has 0 unspecified atom stereocenters. The topological polar surface area (TPSA) is 24.1 Å². The molecule has 0 aromatic heterocycles. The Hall–Kier alpha value is -1.30. The van der Waals surface area contributed by atoms with Crippen molar-refractivity contribution in [3.05, 3.63) is 60.7 Å².